The number of hydrogen-bond donors (Lipinski definition) is 1. The van der Waals surface area contributed by atoms with Gasteiger partial charge >= 0.3 is 0 Å². The van der Waals surface area contributed by atoms with Gasteiger partial charge in [-0.25, -0.2) is 0 Å². The zero-order valence-corrected chi connectivity index (χ0v) is 11.6. The van der Waals surface area contributed by atoms with Crippen molar-refractivity contribution in [3.8, 4) is 0 Å². The molecule has 2 nitrogen and oxygen atoms in total. The summed E-state index contributed by atoms with van der Waals surface area (Å²) in [4.78, 5) is 3.64. The quantitative estimate of drug-likeness (QED) is 0.899. The van der Waals surface area contributed by atoms with Gasteiger partial charge in [0.25, 0.3) is 0 Å². The fourth-order valence-electron chi connectivity index (χ4n) is 2.12. The molecule has 0 amide bonds. The Morgan fingerprint density at radius 1 is 1.05 bits per heavy atom. The summed E-state index contributed by atoms with van der Waals surface area (Å²) in [5, 5.41) is 3.65. The average Bonchev–Trinajstić information content (AvgIpc) is 2.78. The number of anilines is 2. The SMILES string of the molecule is CN1c2ccccc2SC1C=CNc1ccccc1. The Balaban J connectivity index is 1.66. The minimum atomic E-state index is 0.355. The molecule has 96 valence electrons. The van der Waals surface area contributed by atoms with E-state index in [1.54, 1.807) is 0 Å². The molecular formula is C16H16N2S. The molecule has 3 rings (SSSR count). The van der Waals surface area contributed by atoms with Gasteiger partial charge in [0.05, 0.1) is 11.1 Å². The molecule has 1 unspecified atom stereocenters. The first-order chi connectivity index (χ1) is 9.34. The molecule has 2 aromatic rings. The van der Waals surface area contributed by atoms with Crippen LogP contribution in [-0.4, -0.2) is 12.4 Å². The maximum atomic E-state index is 3.30. The topological polar surface area (TPSA) is 15.3 Å². The minimum absolute atomic E-state index is 0.355. The summed E-state index contributed by atoms with van der Waals surface area (Å²) in [6.07, 6.45) is 4.22. The Morgan fingerprint density at radius 2 is 1.79 bits per heavy atom. The highest BCUT2D eigenvalue weighted by Gasteiger charge is 2.24. The molecule has 0 aliphatic carbocycles. The third-order valence-electron chi connectivity index (χ3n) is 3.16. The van der Waals surface area contributed by atoms with Crippen molar-refractivity contribution in [2.75, 3.05) is 17.3 Å². The Labute approximate surface area is 118 Å². The molecule has 0 aromatic heterocycles. The van der Waals surface area contributed by atoms with Crippen LogP contribution in [0.4, 0.5) is 11.4 Å². The summed E-state index contributed by atoms with van der Waals surface area (Å²) >= 11 is 1.88. The number of nitrogens with one attached hydrogen (secondary N) is 1. The Morgan fingerprint density at radius 3 is 2.58 bits per heavy atom. The van der Waals surface area contributed by atoms with E-state index in [2.05, 4.69) is 59.7 Å². The predicted octanol–water partition coefficient (Wildman–Crippen LogP) is 4.18. The van der Waals surface area contributed by atoms with Crippen molar-refractivity contribution in [3.63, 3.8) is 0 Å². The fraction of sp³-hybridized carbons (Fsp3) is 0.125. The molecular weight excluding hydrogens is 252 g/mol. The van der Waals surface area contributed by atoms with Crippen LogP contribution in [0.5, 0.6) is 0 Å². The molecule has 1 heterocycles. The summed E-state index contributed by atoms with van der Waals surface area (Å²) in [5.74, 6) is 0. The molecule has 2 aromatic carbocycles. The highest BCUT2D eigenvalue weighted by Crippen LogP contribution is 2.42. The molecule has 0 bridgehead atoms. The van der Waals surface area contributed by atoms with Gasteiger partial charge in [-0.1, -0.05) is 42.1 Å². The van der Waals surface area contributed by atoms with E-state index in [1.807, 2.05) is 36.2 Å². The molecule has 1 aliphatic rings. The third kappa shape index (κ3) is 2.61. The van der Waals surface area contributed by atoms with Crippen LogP contribution in [0.1, 0.15) is 0 Å². The largest absolute Gasteiger partial charge is 0.362 e. The summed E-state index contributed by atoms with van der Waals surface area (Å²) in [5.41, 5.74) is 2.42. The smallest absolute Gasteiger partial charge is 0.0996 e. The lowest BCUT2D eigenvalue weighted by Gasteiger charge is -2.18. The van der Waals surface area contributed by atoms with Crippen molar-refractivity contribution in [2.45, 2.75) is 10.3 Å². The van der Waals surface area contributed by atoms with Crippen molar-refractivity contribution < 1.29 is 0 Å². The second kappa shape index (κ2) is 5.41. The number of para-hydroxylation sites is 2. The summed E-state index contributed by atoms with van der Waals surface area (Å²) in [6, 6.07) is 18.7. The molecule has 1 aliphatic heterocycles. The van der Waals surface area contributed by atoms with Crippen LogP contribution in [0.3, 0.4) is 0 Å². The maximum absolute atomic E-state index is 3.30. The van der Waals surface area contributed by atoms with Gasteiger partial charge in [-0.2, -0.15) is 0 Å². The maximum Gasteiger partial charge on any atom is 0.0996 e. The highest BCUT2D eigenvalue weighted by molar-refractivity contribution is 8.00. The zero-order valence-electron chi connectivity index (χ0n) is 10.8. The lowest BCUT2D eigenvalue weighted by atomic mass is 10.3. The molecule has 0 radical (unpaired) electrons. The third-order valence-corrected chi connectivity index (χ3v) is 4.47. The van der Waals surface area contributed by atoms with Crippen molar-refractivity contribution in [1.82, 2.24) is 0 Å². The van der Waals surface area contributed by atoms with Crippen LogP contribution in [0.25, 0.3) is 0 Å². The molecule has 0 saturated heterocycles. The van der Waals surface area contributed by atoms with Crippen LogP contribution in [0.2, 0.25) is 0 Å². The lowest BCUT2D eigenvalue weighted by Crippen LogP contribution is -2.22. The predicted molar refractivity (Wildman–Crippen MR) is 83.7 cm³/mol. The number of hydrogen-bond acceptors (Lipinski definition) is 3. The standard InChI is InChI=1S/C16H16N2S/c1-18-14-9-5-6-10-15(14)19-16(18)11-12-17-13-7-3-2-4-8-13/h2-12,16-17H,1H3. The highest BCUT2D eigenvalue weighted by atomic mass is 32.2. The van der Waals surface area contributed by atoms with E-state index in [-0.39, 0.29) is 0 Å². The van der Waals surface area contributed by atoms with Crippen molar-refractivity contribution in [1.29, 1.82) is 0 Å². The van der Waals surface area contributed by atoms with E-state index < -0.39 is 0 Å². The van der Waals surface area contributed by atoms with E-state index in [0.29, 0.717) is 5.37 Å². The van der Waals surface area contributed by atoms with E-state index in [4.69, 9.17) is 0 Å². The van der Waals surface area contributed by atoms with Gasteiger partial charge in [-0.05, 0) is 36.5 Å². The summed E-state index contributed by atoms with van der Waals surface area (Å²) < 4.78 is 0. The van der Waals surface area contributed by atoms with Gasteiger partial charge in [0.15, 0.2) is 0 Å². The Bertz CT molecular complexity index is 580. The van der Waals surface area contributed by atoms with Gasteiger partial charge in [0.1, 0.15) is 0 Å². The number of rotatable bonds is 3. The molecule has 0 saturated carbocycles. The summed E-state index contributed by atoms with van der Waals surface area (Å²) in [7, 11) is 2.14. The van der Waals surface area contributed by atoms with Crippen molar-refractivity contribution in [3.05, 3.63) is 66.9 Å². The van der Waals surface area contributed by atoms with E-state index >= 15 is 0 Å². The van der Waals surface area contributed by atoms with Crippen molar-refractivity contribution >= 4 is 23.1 Å². The minimum Gasteiger partial charge on any atom is -0.362 e. The first-order valence-corrected chi connectivity index (χ1v) is 7.19. The normalized spacial score (nSPS) is 17.7. The number of benzene rings is 2. The van der Waals surface area contributed by atoms with Gasteiger partial charge in [-0.3, -0.25) is 0 Å². The van der Waals surface area contributed by atoms with Crippen LogP contribution >= 0.6 is 11.8 Å². The lowest BCUT2D eigenvalue weighted by molar-refractivity contribution is 0.989. The van der Waals surface area contributed by atoms with Gasteiger partial charge in [0, 0.05) is 17.6 Å². The second-order valence-electron chi connectivity index (χ2n) is 4.46. The number of fused-ring (bicyclic) bond motifs is 1. The van der Waals surface area contributed by atoms with E-state index in [0.717, 1.165) is 5.69 Å². The Kier molecular flexibility index (Phi) is 3.47. The van der Waals surface area contributed by atoms with Crippen molar-refractivity contribution in [2.24, 2.45) is 0 Å². The summed E-state index contributed by atoms with van der Waals surface area (Å²) in [6.45, 7) is 0. The molecule has 3 heteroatoms. The van der Waals surface area contributed by atoms with Crippen LogP contribution in [-0.2, 0) is 0 Å². The van der Waals surface area contributed by atoms with E-state index in [9.17, 15) is 0 Å². The molecule has 0 spiro atoms. The first-order valence-electron chi connectivity index (χ1n) is 6.31. The molecule has 0 fully saturated rings. The average molecular weight is 268 g/mol. The number of likely N-dealkylation sites (N-methyl/N-ethyl adjacent to an activating group) is 1. The molecule has 19 heavy (non-hydrogen) atoms. The van der Waals surface area contributed by atoms with E-state index in [1.165, 1.54) is 10.6 Å². The molecule has 1 N–H and O–H groups in total. The van der Waals surface area contributed by atoms with Crippen LogP contribution < -0.4 is 10.2 Å². The zero-order chi connectivity index (χ0) is 13.1. The van der Waals surface area contributed by atoms with Crippen LogP contribution in [0, 0.1) is 0 Å². The number of nitrogens with zero attached hydrogens (tertiary/aromatic N) is 1. The Hall–Kier alpha value is -1.87. The number of thioether (sulfide) groups is 1. The monoisotopic (exact) mass is 268 g/mol. The van der Waals surface area contributed by atoms with Gasteiger partial charge < -0.3 is 10.2 Å². The first kappa shape index (κ1) is 12.2. The molecule has 1 atom stereocenters. The van der Waals surface area contributed by atoms with Gasteiger partial charge in [0.2, 0.25) is 0 Å². The fourth-order valence-corrected chi connectivity index (χ4v) is 3.30. The van der Waals surface area contributed by atoms with Gasteiger partial charge in [-0.15, -0.1) is 0 Å². The second-order valence-corrected chi connectivity index (χ2v) is 5.62. The van der Waals surface area contributed by atoms with Crippen LogP contribution in [0.15, 0.2) is 71.8 Å².